The number of nitrogens with two attached hydrogens (primary N) is 2. The van der Waals surface area contributed by atoms with Crippen LogP contribution in [0.4, 0.5) is 11.4 Å². The molecule has 1 fully saturated rings. The monoisotopic (exact) mass is 249 g/mol. The lowest BCUT2D eigenvalue weighted by Crippen LogP contribution is -2.45. The normalized spacial score (nSPS) is 24.0. The molecule has 0 aliphatic carbocycles. The van der Waals surface area contributed by atoms with Crippen molar-refractivity contribution in [3.05, 3.63) is 23.8 Å². The lowest BCUT2D eigenvalue weighted by Gasteiger charge is -2.37. The number of hydrogen-bond acceptors (Lipinski definition) is 4. The minimum absolute atomic E-state index is 0.144. The number of amides is 1. The Labute approximate surface area is 107 Å². The van der Waals surface area contributed by atoms with Crippen LogP contribution in [-0.2, 0) is 4.74 Å². The first kappa shape index (κ1) is 12.7. The molecule has 0 spiro atoms. The van der Waals surface area contributed by atoms with Crippen LogP contribution in [-0.4, -0.2) is 31.2 Å². The fraction of sp³-hybridized carbons (Fsp3) is 0.462. The molecule has 0 radical (unpaired) electrons. The van der Waals surface area contributed by atoms with E-state index in [9.17, 15) is 4.79 Å². The molecule has 1 amide bonds. The SMILES string of the molecule is CC1CN(c2cccc(C(N)=O)c2N)CC(C)O1. The van der Waals surface area contributed by atoms with E-state index in [1.165, 1.54) is 0 Å². The maximum absolute atomic E-state index is 11.3. The largest absolute Gasteiger partial charge is 0.396 e. The summed E-state index contributed by atoms with van der Waals surface area (Å²) in [5.74, 6) is -0.497. The third-order valence-corrected chi connectivity index (χ3v) is 3.11. The molecular weight excluding hydrogens is 230 g/mol. The first-order chi connectivity index (χ1) is 8.49. The number of nitrogen functional groups attached to an aromatic ring is 1. The van der Waals surface area contributed by atoms with E-state index in [1.54, 1.807) is 12.1 Å². The summed E-state index contributed by atoms with van der Waals surface area (Å²) in [6.45, 7) is 5.57. The highest BCUT2D eigenvalue weighted by molar-refractivity contribution is 6.00. The van der Waals surface area contributed by atoms with Crippen LogP contribution in [0.2, 0.25) is 0 Å². The van der Waals surface area contributed by atoms with Gasteiger partial charge in [0.1, 0.15) is 0 Å². The molecule has 18 heavy (non-hydrogen) atoms. The second-order valence-electron chi connectivity index (χ2n) is 4.76. The molecule has 2 atom stereocenters. The quantitative estimate of drug-likeness (QED) is 0.765. The zero-order chi connectivity index (χ0) is 13.3. The number of nitrogens with zero attached hydrogens (tertiary/aromatic N) is 1. The van der Waals surface area contributed by atoms with Crippen LogP contribution in [0.3, 0.4) is 0 Å². The molecule has 5 heteroatoms. The molecular formula is C13H19N3O2. The van der Waals surface area contributed by atoms with Gasteiger partial charge in [0.15, 0.2) is 0 Å². The number of benzene rings is 1. The van der Waals surface area contributed by atoms with Crippen LogP contribution in [0.25, 0.3) is 0 Å². The van der Waals surface area contributed by atoms with Crippen molar-refractivity contribution >= 4 is 17.3 Å². The molecule has 1 aliphatic heterocycles. The van der Waals surface area contributed by atoms with Gasteiger partial charge in [0.25, 0.3) is 5.91 Å². The zero-order valence-electron chi connectivity index (χ0n) is 10.7. The van der Waals surface area contributed by atoms with Gasteiger partial charge in [-0.15, -0.1) is 0 Å². The van der Waals surface area contributed by atoms with Gasteiger partial charge in [0.2, 0.25) is 0 Å². The summed E-state index contributed by atoms with van der Waals surface area (Å²) in [5.41, 5.74) is 13.0. The molecule has 1 aromatic rings. The Morgan fingerprint density at radius 2 is 1.94 bits per heavy atom. The van der Waals surface area contributed by atoms with Gasteiger partial charge in [-0.3, -0.25) is 4.79 Å². The van der Waals surface area contributed by atoms with Crippen molar-refractivity contribution in [3.63, 3.8) is 0 Å². The van der Waals surface area contributed by atoms with E-state index in [4.69, 9.17) is 16.2 Å². The average Bonchev–Trinajstić information content (AvgIpc) is 2.27. The number of primary amides is 1. The summed E-state index contributed by atoms with van der Waals surface area (Å²) >= 11 is 0. The summed E-state index contributed by atoms with van der Waals surface area (Å²) in [7, 11) is 0. The highest BCUT2D eigenvalue weighted by Crippen LogP contribution is 2.28. The van der Waals surface area contributed by atoms with Gasteiger partial charge < -0.3 is 21.1 Å². The second-order valence-corrected chi connectivity index (χ2v) is 4.76. The molecule has 4 N–H and O–H groups in total. The van der Waals surface area contributed by atoms with Gasteiger partial charge in [-0.1, -0.05) is 6.07 Å². The summed E-state index contributed by atoms with van der Waals surface area (Å²) in [6, 6.07) is 5.36. The van der Waals surface area contributed by atoms with Crippen LogP contribution >= 0.6 is 0 Å². The number of para-hydroxylation sites is 1. The Bertz CT molecular complexity index is 452. The fourth-order valence-corrected chi connectivity index (χ4v) is 2.42. The molecule has 98 valence electrons. The van der Waals surface area contributed by atoms with Gasteiger partial charge in [0.05, 0.1) is 29.1 Å². The Morgan fingerprint density at radius 3 is 2.50 bits per heavy atom. The number of carbonyl (C=O) groups excluding carboxylic acids is 1. The molecule has 0 bridgehead atoms. The fourth-order valence-electron chi connectivity index (χ4n) is 2.42. The first-order valence-electron chi connectivity index (χ1n) is 6.07. The number of carbonyl (C=O) groups is 1. The molecule has 1 aliphatic rings. The van der Waals surface area contributed by atoms with Crippen LogP contribution in [0, 0.1) is 0 Å². The minimum atomic E-state index is -0.497. The molecule has 2 rings (SSSR count). The van der Waals surface area contributed by atoms with Crippen LogP contribution < -0.4 is 16.4 Å². The molecule has 0 aromatic heterocycles. The Balaban J connectivity index is 2.33. The molecule has 1 saturated heterocycles. The summed E-state index contributed by atoms with van der Waals surface area (Å²) in [6.07, 6.45) is 0.288. The van der Waals surface area contributed by atoms with E-state index >= 15 is 0 Å². The number of ether oxygens (including phenoxy) is 1. The zero-order valence-corrected chi connectivity index (χ0v) is 10.7. The van der Waals surface area contributed by atoms with Gasteiger partial charge in [-0.25, -0.2) is 0 Å². The van der Waals surface area contributed by atoms with Crippen molar-refractivity contribution in [2.75, 3.05) is 23.7 Å². The van der Waals surface area contributed by atoms with Crippen molar-refractivity contribution in [1.82, 2.24) is 0 Å². The van der Waals surface area contributed by atoms with E-state index in [2.05, 4.69) is 4.90 Å². The Kier molecular flexibility index (Phi) is 3.43. The van der Waals surface area contributed by atoms with Crippen LogP contribution in [0.1, 0.15) is 24.2 Å². The van der Waals surface area contributed by atoms with Gasteiger partial charge >= 0.3 is 0 Å². The highest BCUT2D eigenvalue weighted by Gasteiger charge is 2.24. The summed E-state index contributed by atoms with van der Waals surface area (Å²) < 4.78 is 5.68. The van der Waals surface area contributed by atoms with E-state index in [1.807, 2.05) is 19.9 Å². The van der Waals surface area contributed by atoms with E-state index in [-0.39, 0.29) is 12.2 Å². The van der Waals surface area contributed by atoms with Crippen molar-refractivity contribution in [3.8, 4) is 0 Å². The third kappa shape index (κ3) is 2.41. The Morgan fingerprint density at radius 1 is 1.33 bits per heavy atom. The number of anilines is 2. The van der Waals surface area contributed by atoms with Crippen LogP contribution in [0.15, 0.2) is 18.2 Å². The lowest BCUT2D eigenvalue weighted by atomic mass is 10.1. The molecule has 5 nitrogen and oxygen atoms in total. The van der Waals surface area contributed by atoms with E-state index in [0.29, 0.717) is 11.3 Å². The van der Waals surface area contributed by atoms with E-state index in [0.717, 1.165) is 18.8 Å². The third-order valence-electron chi connectivity index (χ3n) is 3.11. The van der Waals surface area contributed by atoms with Gasteiger partial charge in [-0.05, 0) is 26.0 Å². The lowest BCUT2D eigenvalue weighted by molar-refractivity contribution is -0.00517. The highest BCUT2D eigenvalue weighted by atomic mass is 16.5. The second kappa shape index (κ2) is 4.86. The minimum Gasteiger partial charge on any atom is -0.396 e. The number of rotatable bonds is 2. The topological polar surface area (TPSA) is 81.6 Å². The van der Waals surface area contributed by atoms with Crippen molar-refractivity contribution in [2.45, 2.75) is 26.1 Å². The predicted octanol–water partition coefficient (Wildman–Crippen LogP) is 0.981. The van der Waals surface area contributed by atoms with E-state index < -0.39 is 5.91 Å². The van der Waals surface area contributed by atoms with Gasteiger partial charge in [-0.2, -0.15) is 0 Å². The van der Waals surface area contributed by atoms with Crippen LogP contribution in [0.5, 0.6) is 0 Å². The molecule has 1 heterocycles. The van der Waals surface area contributed by atoms with Crippen molar-refractivity contribution < 1.29 is 9.53 Å². The predicted molar refractivity (Wildman–Crippen MR) is 71.6 cm³/mol. The maximum Gasteiger partial charge on any atom is 0.250 e. The molecule has 0 saturated carbocycles. The number of hydrogen-bond donors (Lipinski definition) is 2. The summed E-state index contributed by atoms with van der Waals surface area (Å²) in [5, 5.41) is 0. The first-order valence-corrected chi connectivity index (χ1v) is 6.07. The standard InChI is InChI=1S/C13H19N3O2/c1-8-6-16(7-9(2)18-8)11-5-3-4-10(12(11)14)13(15)17/h3-5,8-9H,6-7,14H2,1-2H3,(H2,15,17). The molecule has 2 unspecified atom stereocenters. The summed E-state index contributed by atoms with van der Waals surface area (Å²) in [4.78, 5) is 13.4. The number of morpholine rings is 1. The smallest absolute Gasteiger partial charge is 0.250 e. The van der Waals surface area contributed by atoms with Gasteiger partial charge in [0, 0.05) is 13.1 Å². The molecule has 1 aromatic carbocycles. The average molecular weight is 249 g/mol. The Hall–Kier alpha value is -1.75. The van der Waals surface area contributed by atoms with Crippen molar-refractivity contribution in [2.24, 2.45) is 5.73 Å². The van der Waals surface area contributed by atoms with Crippen molar-refractivity contribution in [1.29, 1.82) is 0 Å². The maximum atomic E-state index is 11.3.